The van der Waals surface area contributed by atoms with Gasteiger partial charge in [-0.3, -0.25) is 4.79 Å². The third-order valence-corrected chi connectivity index (χ3v) is 5.30. The van der Waals surface area contributed by atoms with Crippen molar-refractivity contribution in [2.24, 2.45) is 11.8 Å². The molecule has 2 aliphatic rings. The third-order valence-electron chi connectivity index (χ3n) is 4.70. The van der Waals surface area contributed by atoms with Crippen LogP contribution in [0.1, 0.15) is 32.6 Å². The Labute approximate surface area is 133 Å². The molecule has 3 rings (SSSR count). The van der Waals surface area contributed by atoms with Gasteiger partial charge >= 0.3 is 0 Å². The summed E-state index contributed by atoms with van der Waals surface area (Å²) in [7, 11) is 0. The Kier molecular flexibility index (Phi) is 4.64. The summed E-state index contributed by atoms with van der Waals surface area (Å²) in [5.74, 6) is 1.08. The lowest BCUT2D eigenvalue weighted by Gasteiger charge is -2.26. The van der Waals surface area contributed by atoms with Gasteiger partial charge in [0.25, 0.3) is 5.56 Å². The predicted octanol–water partition coefficient (Wildman–Crippen LogP) is 2.64. The topological polar surface area (TPSA) is 56.2 Å². The molecule has 1 aromatic rings. The van der Waals surface area contributed by atoms with Crippen LogP contribution in [0.4, 0.5) is 5.69 Å². The normalized spacial score (nSPS) is 23.8. The molecule has 2 heterocycles. The molecule has 1 aromatic heterocycles. The number of aromatic nitrogens is 2. The molecule has 5 nitrogen and oxygen atoms in total. The van der Waals surface area contributed by atoms with E-state index in [-0.39, 0.29) is 11.6 Å². The summed E-state index contributed by atoms with van der Waals surface area (Å²) < 4.78 is 7.77. The van der Waals surface area contributed by atoms with Crippen molar-refractivity contribution in [3.8, 4) is 0 Å². The lowest BCUT2D eigenvalue weighted by Crippen LogP contribution is -2.34. The van der Waals surface area contributed by atoms with E-state index in [1.54, 1.807) is 10.9 Å². The molecule has 2 unspecified atom stereocenters. The Bertz CT molecular complexity index is 550. The van der Waals surface area contributed by atoms with Crippen LogP contribution >= 0.6 is 15.9 Å². The molecule has 21 heavy (non-hydrogen) atoms. The molecule has 0 spiro atoms. The van der Waals surface area contributed by atoms with Gasteiger partial charge in [-0.1, -0.05) is 6.42 Å². The summed E-state index contributed by atoms with van der Waals surface area (Å²) in [5, 5.41) is 7.63. The minimum absolute atomic E-state index is 0.0259. The smallest absolute Gasteiger partial charge is 0.291 e. The van der Waals surface area contributed by atoms with Crippen LogP contribution in [-0.2, 0) is 11.3 Å². The Hall–Kier alpha value is -0.880. The van der Waals surface area contributed by atoms with Gasteiger partial charge in [0.2, 0.25) is 0 Å². The van der Waals surface area contributed by atoms with E-state index >= 15 is 0 Å². The monoisotopic (exact) mass is 355 g/mol. The van der Waals surface area contributed by atoms with Crippen molar-refractivity contribution < 1.29 is 4.74 Å². The zero-order valence-corrected chi connectivity index (χ0v) is 13.9. The molecule has 0 aromatic carbocycles. The molecule has 6 heteroatoms. The molecule has 0 amide bonds. The van der Waals surface area contributed by atoms with Gasteiger partial charge in [0.05, 0.1) is 17.3 Å². The highest BCUT2D eigenvalue weighted by Crippen LogP contribution is 2.28. The molecule has 1 saturated heterocycles. The van der Waals surface area contributed by atoms with E-state index in [4.69, 9.17) is 4.74 Å². The summed E-state index contributed by atoms with van der Waals surface area (Å²) in [4.78, 5) is 12.6. The van der Waals surface area contributed by atoms with Crippen molar-refractivity contribution >= 4 is 21.6 Å². The number of halogens is 1. The largest absolute Gasteiger partial charge is 0.381 e. The second kappa shape index (κ2) is 6.48. The van der Waals surface area contributed by atoms with Gasteiger partial charge in [-0.2, -0.15) is 5.10 Å². The first-order valence-corrected chi connectivity index (χ1v) is 8.54. The molecule has 1 aliphatic heterocycles. The second-order valence-electron chi connectivity index (χ2n) is 6.21. The molecular formula is C15H22BrN3O2. The predicted molar refractivity (Wildman–Crippen MR) is 85.5 cm³/mol. The van der Waals surface area contributed by atoms with Gasteiger partial charge in [0.15, 0.2) is 0 Å². The average Bonchev–Trinajstić information content (AvgIpc) is 2.94. The van der Waals surface area contributed by atoms with Crippen molar-refractivity contribution in [3.63, 3.8) is 0 Å². The molecule has 1 aliphatic carbocycles. The highest BCUT2D eigenvalue weighted by Gasteiger charge is 2.25. The summed E-state index contributed by atoms with van der Waals surface area (Å²) in [6, 6.07) is 0.219. The van der Waals surface area contributed by atoms with Crippen LogP contribution in [0.2, 0.25) is 0 Å². The second-order valence-corrected chi connectivity index (χ2v) is 7.06. The zero-order chi connectivity index (χ0) is 14.8. The number of anilines is 1. The van der Waals surface area contributed by atoms with Gasteiger partial charge in [0, 0.05) is 25.1 Å². The van der Waals surface area contributed by atoms with Crippen LogP contribution in [-0.4, -0.2) is 29.0 Å². The maximum atomic E-state index is 12.6. The first kappa shape index (κ1) is 15.0. The van der Waals surface area contributed by atoms with Gasteiger partial charge < -0.3 is 10.1 Å². The molecule has 0 radical (unpaired) electrons. The number of nitrogens with one attached hydrogen (secondary N) is 1. The van der Waals surface area contributed by atoms with Crippen molar-refractivity contribution in [1.29, 1.82) is 0 Å². The molecule has 2 fully saturated rings. The highest BCUT2D eigenvalue weighted by molar-refractivity contribution is 9.10. The highest BCUT2D eigenvalue weighted by atomic mass is 79.9. The van der Waals surface area contributed by atoms with Gasteiger partial charge in [-0.25, -0.2) is 4.68 Å². The quantitative estimate of drug-likeness (QED) is 0.881. The van der Waals surface area contributed by atoms with Crippen molar-refractivity contribution in [1.82, 2.24) is 9.78 Å². The van der Waals surface area contributed by atoms with E-state index in [1.807, 2.05) is 0 Å². The summed E-state index contributed by atoms with van der Waals surface area (Å²) >= 11 is 3.45. The van der Waals surface area contributed by atoms with Crippen LogP contribution in [0.25, 0.3) is 0 Å². The summed E-state index contributed by atoms with van der Waals surface area (Å²) in [6.07, 6.45) is 6.47. The Balaban J connectivity index is 1.76. The van der Waals surface area contributed by atoms with Gasteiger partial charge in [-0.15, -0.1) is 0 Å². The van der Waals surface area contributed by atoms with E-state index in [2.05, 4.69) is 33.3 Å². The minimum Gasteiger partial charge on any atom is -0.381 e. The van der Waals surface area contributed by atoms with E-state index in [0.717, 1.165) is 30.7 Å². The van der Waals surface area contributed by atoms with E-state index in [9.17, 15) is 4.79 Å². The van der Waals surface area contributed by atoms with Crippen molar-refractivity contribution in [2.45, 2.75) is 45.2 Å². The molecule has 1 saturated carbocycles. The molecule has 1 N–H and O–H groups in total. The summed E-state index contributed by atoms with van der Waals surface area (Å²) in [5.41, 5.74) is 0.603. The number of ether oxygens (including phenoxy) is 1. The van der Waals surface area contributed by atoms with Crippen LogP contribution in [0.5, 0.6) is 0 Å². The molecular weight excluding hydrogens is 334 g/mol. The average molecular weight is 356 g/mol. The van der Waals surface area contributed by atoms with Crippen LogP contribution < -0.4 is 10.9 Å². The first-order chi connectivity index (χ1) is 10.1. The molecule has 0 bridgehead atoms. The number of hydrogen-bond acceptors (Lipinski definition) is 4. The fourth-order valence-electron chi connectivity index (χ4n) is 2.94. The maximum absolute atomic E-state index is 12.6. The number of rotatable bonds is 5. The Morgan fingerprint density at radius 1 is 1.52 bits per heavy atom. The van der Waals surface area contributed by atoms with E-state index in [0.29, 0.717) is 17.5 Å². The standard InChI is InChI=1S/C15H22BrN3O2/c1-10(12-5-6-21-9-12)18-14-13(16)7-17-19(15(14)20)8-11-3-2-4-11/h7,10-12,18H,2-6,8-9H2,1H3. The fraction of sp³-hybridized carbons (Fsp3) is 0.733. The lowest BCUT2D eigenvalue weighted by atomic mass is 9.85. The Morgan fingerprint density at radius 3 is 2.95 bits per heavy atom. The minimum atomic E-state index is -0.0259. The van der Waals surface area contributed by atoms with E-state index < -0.39 is 0 Å². The first-order valence-electron chi connectivity index (χ1n) is 7.75. The molecule has 2 atom stereocenters. The third kappa shape index (κ3) is 3.31. The van der Waals surface area contributed by atoms with Crippen molar-refractivity contribution in [2.75, 3.05) is 18.5 Å². The van der Waals surface area contributed by atoms with Crippen LogP contribution in [0.15, 0.2) is 15.5 Å². The van der Waals surface area contributed by atoms with Gasteiger partial charge in [0.1, 0.15) is 5.69 Å². The summed E-state index contributed by atoms with van der Waals surface area (Å²) in [6.45, 7) is 4.44. The Morgan fingerprint density at radius 2 is 2.33 bits per heavy atom. The number of nitrogens with zero attached hydrogens (tertiary/aromatic N) is 2. The van der Waals surface area contributed by atoms with E-state index in [1.165, 1.54) is 19.3 Å². The van der Waals surface area contributed by atoms with Crippen LogP contribution in [0, 0.1) is 11.8 Å². The van der Waals surface area contributed by atoms with Crippen molar-refractivity contribution in [3.05, 3.63) is 21.0 Å². The number of hydrogen-bond donors (Lipinski definition) is 1. The van der Waals surface area contributed by atoms with Gasteiger partial charge in [-0.05, 0) is 48.0 Å². The fourth-order valence-corrected chi connectivity index (χ4v) is 3.32. The SMILES string of the molecule is CC(Nc1c(Br)cnn(CC2CCC2)c1=O)C1CCOC1. The van der Waals surface area contributed by atoms with Crippen LogP contribution in [0.3, 0.4) is 0 Å². The maximum Gasteiger partial charge on any atom is 0.291 e. The zero-order valence-electron chi connectivity index (χ0n) is 12.3. The lowest BCUT2D eigenvalue weighted by molar-refractivity contribution is 0.183. The molecule has 116 valence electrons.